The highest BCUT2D eigenvalue weighted by Crippen LogP contribution is 2.54. The van der Waals surface area contributed by atoms with Gasteiger partial charge >= 0.3 is 0 Å². The average Bonchev–Trinajstić information content (AvgIpc) is 3.15. The standard InChI is InChI=1S/C14H16F2N4O2S/c1-21-13-19-18-12(23-13)10-17-11(22-20-10)7-5-8-3-2-4-9(6-7)14(8,15)16/h7-9H,2-6H2,1H3. The summed E-state index contributed by atoms with van der Waals surface area (Å²) >= 11 is 1.21. The molecule has 0 N–H and O–H groups in total. The number of fused-ring (bicyclic) bond motifs is 2. The van der Waals surface area contributed by atoms with E-state index in [1.807, 2.05) is 0 Å². The zero-order chi connectivity index (χ0) is 16.0. The Morgan fingerprint density at radius 1 is 1.22 bits per heavy atom. The van der Waals surface area contributed by atoms with Gasteiger partial charge in [-0.2, -0.15) is 4.98 Å². The lowest BCUT2D eigenvalue weighted by Crippen LogP contribution is -2.45. The molecule has 2 aromatic rings. The number of aromatic nitrogens is 4. The normalized spacial score (nSPS) is 29.4. The first-order valence-corrected chi connectivity index (χ1v) is 8.49. The molecule has 6 nitrogen and oxygen atoms in total. The number of hydrogen-bond donors (Lipinski definition) is 0. The summed E-state index contributed by atoms with van der Waals surface area (Å²) < 4.78 is 38.8. The zero-order valence-corrected chi connectivity index (χ0v) is 13.4. The van der Waals surface area contributed by atoms with Crippen molar-refractivity contribution in [1.29, 1.82) is 0 Å². The van der Waals surface area contributed by atoms with E-state index < -0.39 is 17.8 Å². The molecule has 2 aromatic heterocycles. The van der Waals surface area contributed by atoms with Crippen LogP contribution in [-0.4, -0.2) is 33.4 Å². The summed E-state index contributed by atoms with van der Waals surface area (Å²) in [4.78, 5) is 4.36. The van der Waals surface area contributed by atoms with Crippen LogP contribution in [0.1, 0.15) is 43.9 Å². The summed E-state index contributed by atoms with van der Waals surface area (Å²) in [6.07, 6.45) is 2.86. The molecule has 2 bridgehead atoms. The third kappa shape index (κ3) is 2.50. The maximum Gasteiger partial charge on any atom is 0.294 e. The zero-order valence-electron chi connectivity index (χ0n) is 12.5. The highest BCUT2D eigenvalue weighted by atomic mass is 32.1. The second kappa shape index (κ2) is 5.47. The lowest BCUT2D eigenvalue weighted by molar-refractivity contribution is -0.159. The first kappa shape index (κ1) is 14.9. The van der Waals surface area contributed by atoms with E-state index in [1.165, 1.54) is 18.4 Å². The molecule has 0 spiro atoms. The van der Waals surface area contributed by atoms with Gasteiger partial charge in [-0.25, -0.2) is 8.78 Å². The minimum absolute atomic E-state index is 0.0963. The summed E-state index contributed by atoms with van der Waals surface area (Å²) in [6.45, 7) is 0. The van der Waals surface area contributed by atoms with E-state index in [2.05, 4.69) is 20.3 Å². The second-order valence-electron chi connectivity index (χ2n) is 6.20. The van der Waals surface area contributed by atoms with Gasteiger partial charge in [0, 0.05) is 17.8 Å². The van der Waals surface area contributed by atoms with Crippen LogP contribution < -0.4 is 4.74 Å². The highest BCUT2D eigenvalue weighted by molar-refractivity contribution is 7.16. The van der Waals surface area contributed by atoms with E-state index >= 15 is 0 Å². The van der Waals surface area contributed by atoms with Gasteiger partial charge in [0.1, 0.15) is 0 Å². The van der Waals surface area contributed by atoms with Crippen LogP contribution >= 0.6 is 11.3 Å². The van der Waals surface area contributed by atoms with Crippen LogP contribution in [0.4, 0.5) is 8.78 Å². The minimum atomic E-state index is -2.55. The topological polar surface area (TPSA) is 73.9 Å². The van der Waals surface area contributed by atoms with Crippen molar-refractivity contribution in [1.82, 2.24) is 20.3 Å². The smallest absolute Gasteiger partial charge is 0.294 e. The van der Waals surface area contributed by atoms with Gasteiger partial charge in [-0.1, -0.05) is 28.0 Å². The third-order valence-corrected chi connectivity index (χ3v) is 5.78. The number of hydrogen-bond acceptors (Lipinski definition) is 7. The first-order chi connectivity index (χ1) is 11.1. The van der Waals surface area contributed by atoms with Crippen molar-refractivity contribution in [2.45, 2.75) is 43.9 Å². The Morgan fingerprint density at radius 3 is 2.61 bits per heavy atom. The van der Waals surface area contributed by atoms with Crippen molar-refractivity contribution in [3.63, 3.8) is 0 Å². The van der Waals surface area contributed by atoms with E-state index in [9.17, 15) is 8.78 Å². The first-order valence-electron chi connectivity index (χ1n) is 7.67. The fraction of sp³-hybridized carbons (Fsp3) is 0.714. The maximum absolute atomic E-state index is 14.2. The van der Waals surface area contributed by atoms with E-state index in [0.29, 0.717) is 47.6 Å². The molecule has 2 aliphatic rings. The molecule has 0 radical (unpaired) electrons. The number of alkyl halides is 2. The van der Waals surface area contributed by atoms with Gasteiger partial charge in [0.05, 0.1) is 7.11 Å². The summed E-state index contributed by atoms with van der Waals surface area (Å²) in [7, 11) is 1.51. The van der Waals surface area contributed by atoms with E-state index in [-0.39, 0.29) is 5.92 Å². The minimum Gasteiger partial charge on any atom is -0.472 e. The van der Waals surface area contributed by atoms with Crippen LogP contribution in [0.2, 0.25) is 0 Å². The number of halogens is 2. The molecule has 2 saturated carbocycles. The fourth-order valence-electron chi connectivity index (χ4n) is 3.73. The number of methoxy groups -OCH3 is 1. The predicted molar refractivity (Wildman–Crippen MR) is 77.5 cm³/mol. The summed E-state index contributed by atoms with van der Waals surface area (Å²) in [6, 6.07) is 0. The summed E-state index contributed by atoms with van der Waals surface area (Å²) in [5.41, 5.74) is 0. The molecular formula is C14H16F2N4O2S. The highest BCUT2D eigenvalue weighted by Gasteiger charge is 2.54. The van der Waals surface area contributed by atoms with Crippen molar-refractivity contribution in [2.75, 3.05) is 7.11 Å². The van der Waals surface area contributed by atoms with Gasteiger partial charge in [0.15, 0.2) is 5.01 Å². The molecule has 2 unspecified atom stereocenters. The van der Waals surface area contributed by atoms with Gasteiger partial charge in [-0.05, 0) is 25.7 Å². The van der Waals surface area contributed by atoms with E-state index in [4.69, 9.17) is 9.26 Å². The molecule has 0 aromatic carbocycles. The molecule has 23 heavy (non-hydrogen) atoms. The van der Waals surface area contributed by atoms with Crippen LogP contribution in [0, 0.1) is 11.8 Å². The lowest BCUT2D eigenvalue weighted by Gasteiger charge is -2.44. The fourth-order valence-corrected chi connectivity index (χ4v) is 4.32. The van der Waals surface area contributed by atoms with Crippen molar-refractivity contribution < 1.29 is 18.0 Å². The predicted octanol–water partition coefficient (Wildman–Crippen LogP) is 3.53. The molecule has 0 amide bonds. The Labute approximate surface area is 135 Å². The SMILES string of the molecule is COc1nnc(-c2noc(C3CC4CCCC(C3)C4(F)F)n2)s1. The molecule has 0 saturated heterocycles. The van der Waals surface area contributed by atoms with Crippen LogP contribution in [0.5, 0.6) is 5.19 Å². The third-order valence-electron chi connectivity index (χ3n) is 4.90. The Hall–Kier alpha value is -1.64. The Balaban J connectivity index is 1.55. The molecular weight excluding hydrogens is 326 g/mol. The summed E-state index contributed by atoms with van der Waals surface area (Å²) in [5.74, 6) is -3.02. The van der Waals surface area contributed by atoms with Gasteiger partial charge in [0.25, 0.3) is 11.1 Å². The second-order valence-corrected chi connectivity index (χ2v) is 7.14. The number of ether oxygens (including phenoxy) is 1. The van der Waals surface area contributed by atoms with Crippen LogP contribution in [-0.2, 0) is 0 Å². The van der Waals surface area contributed by atoms with E-state index in [1.54, 1.807) is 0 Å². The van der Waals surface area contributed by atoms with Crippen LogP contribution in [0.3, 0.4) is 0 Å². The Bertz CT molecular complexity index is 689. The maximum atomic E-state index is 14.2. The van der Waals surface area contributed by atoms with Crippen molar-refractivity contribution in [3.05, 3.63) is 5.89 Å². The molecule has 2 fully saturated rings. The molecule has 0 aliphatic heterocycles. The summed E-state index contributed by atoms with van der Waals surface area (Å²) in [5, 5.41) is 12.6. The van der Waals surface area contributed by atoms with Crippen molar-refractivity contribution in [2.24, 2.45) is 11.8 Å². The average molecular weight is 342 g/mol. The Morgan fingerprint density at radius 2 is 1.96 bits per heavy atom. The Kier molecular flexibility index (Phi) is 3.55. The molecule has 2 heterocycles. The van der Waals surface area contributed by atoms with Gasteiger partial charge in [-0.3, -0.25) is 0 Å². The molecule has 4 rings (SSSR count). The molecule has 124 valence electrons. The van der Waals surface area contributed by atoms with E-state index in [0.717, 1.165) is 6.42 Å². The van der Waals surface area contributed by atoms with Gasteiger partial charge < -0.3 is 9.26 Å². The van der Waals surface area contributed by atoms with Crippen LogP contribution in [0.15, 0.2) is 4.52 Å². The van der Waals surface area contributed by atoms with Crippen molar-refractivity contribution in [3.8, 4) is 16.0 Å². The van der Waals surface area contributed by atoms with Gasteiger partial charge in [0.2, 0.25) is 11.7 Å². The molecule has 2 atom stereocenters. The van der Waals surface area contributed by atoms with Crippen molar-refractivity contribution >= 4 is 11.3 Å². The quantitative estimate of drug-likeness (QED) is 0.849. The largest absolute Gasteiger partial charge is 0.472 e. The van der Waals surface area contributed by atoms with Gasteiger partial charge in [-0.15, -0.1) is 5.10 Å². The number of rotatable bonds is 3. The molecule has 9 heteroatoms. The lowest BCUT2D eigenvalue weighted by atomic mass is 9.65. The molecule has 2 aliphatic carbocycles. The monoisotopic (exact) mass is 342 g/mol. The number of nitrogens with zero attached hydrogens (tertiary/aromatic N) is 4. The van der Waals surface area contributed by atoms with Crippen LogP contribution in [0.25, 0.3) is 10.8 Å².